The van der Waals surface area contributed by atoms with E-state index in [9.17, 15) is 12.8 Å². The predicted molar refractivity (Wildman–Crippen MR) is 130 cm³/mol. The third-order valence-corrected chi connectivity index (χ3v) is 8.19. The number of anilines is 1. The van der Waals surface area contributed by atoms with Crippen molar-refractivity contribution in [2.45, 2.75) is 37.0 Å². The predicted octanol–water partition coefficient (Wildman–Crippen LogP) is 2.50. The van der Waals surface area contributed by atoms with E-state index in [0.717, 1.165) is 0 Å². The molecule has 0 bridgehead atoms. The number of alkyl halides is 1. The highest BCUT2D eigenvalue weighted by atomic mass is 35.5. The van der Waals surface area contributed by atoms with Gasteiger partial charge in [0.1, 0.15) is 23.5 Å². The van der Waals surface area contributed by atoms with Gasteiger partial charge in [0.2, 0.25) is 27.7 Å². The Morgan fingerprint density at radius 1 is 1.11 bits per heavy atom. The number of aromatic nitrogens is 7. The summed E-state index contributed by atoms with van der Waals surface area (Å²) in [5.41, 5.74) is 0.173. The Hall–Kier alpha value is -3.17. The number of sulfonamides is 1. The summed E-state index contributed by atoms with van der Waals surface area (Å²) in [5.74, 6) is -0.139. The lowest BCUT2D eigenvalue weighted by Gasteiger charge is -2.34. The van der Waals surface area contributed by atoms with E-state index < -0.39 is 28.1 Å². The van der Waals surface area contributed by atoms with Crippen LogP contribution in [-0.2, 0) is 14.8 Å². The second-order valence-corrected chi connectivity index (χ2v) is 10.8. The molecular weight excluding hydrogens is 531 g/mol. The van der Waals surface area contributed by atoms with Crippen LogP contribution >= 0.6 is 11.6 Å². The summed E-state index contributed by atoms with van der Waals surface area (Å²) in [4.78, 5) is 16.4. The largest absolute Gasteiger partial charge is 0.479 e. The Balaban J connectivity index is 1.78. The molecule has 4 rings (SSSR count). The van der Waals surface area contributed by atoms with E-state index in [0.29, 0.717) is 23.7 Å². The molecular formula is C21H26ClFN8O5S. The minimum Gasteiger partial charge on any atom is -0.479 e. The van der Waals surface area contributed by atoms with E-state index in [4.69, 9.17) is 25.8 Å². The number of halogens is 2. The van der Waals surface area contributed by atoms with Crippen LogP contribution in [0.2, 0.25) is 5.02 Å². The summed E-state index contributed by atoms with van der Waals surface area (Å²) in [6, 6.07) is 0. The van der Waals surface area contributed by atoms with Crippen LogP contribution < -0.4 is 14.2 Å². The van der Waals surface area contributed by atoms with Gasteiger partial charge in [-0.3, -0.25) is 13.7 Å². The lowest BCUT2D eigenvalue weighted by molar-refractivity contribution is 0.0950. The van der Waals surface area contributed by atoms with Crippen molar-refractivity contribution >= 4 is 27.6 Å². The van der Waals surface area contributed by atoms with E-state index in [1.165, 1.54) is 51.5 Å². The fourth-order valence-electron chi connectivity index (χ4n) is 4.11. The maximum atomic E-state index is 13.6. The summed E-state index contributed by atoms with van der Waals surface area (Å²) < 4.78 is 60.7. The Labute approximate surface area is 217 Å². The molecule has 13 nitrogen and oxygen atoms in total. The number of rotatable bonds is 11. The van der Waals surface area contributed by atoms with Crippen molar-refractivity contribution in [3.63, 3.8) is 0 Å². The number of ether oxygens (including phenoxy) is 3. The maximum absolute atomic E-state index is 13.6. The average Bonchev–Trinajstić information content (AvgIpc) is 3.25. The lowest BCUT2D eigenvalue weighted by Crippen LogP contribution is -2.34. The van der Waals surface area contributed by atoms with Crippen LogP contribution in [-0.4, -0.2) is 76.4 Å². The topological polar surface area (TPSA) is 156 Å². The van der Waals surface area contributed by atoms with E-state index in [2.05, 4.69) is 34.9 Å². The molecule has 0 spiro atoms. The zero-order valence-electron chi connectivity index (χ0n) is 20.5. The van der Waals surface area contributed by atoms with Crippen molar-refractivity contribution in [1.29, 1.82) is 0 Å². The normalized spacial score (nSPS) is 19.1. The quantitative estimate of drug-likeness (QED) is 0.370. The molecule has 0 unspecified atom stereocenters. The van der Waals surface area contributed by atoms with Crippen molar-refractivity contribution in [2.24, 2.45) is 5.92 Å². The van der Waals surface area contributed by atoms with Gasteiger partial charge in [0, 0.05) is 25.4 Å². The molecule has 4 atom stereocenters. The molecule has 1 N–H and O–H groups in total. The van der Waals surface area contributed by atoms with E-state index >= 15 is 0 Å². The number of nitrogens with zero attached hydrogens (tertiary/aromatic N) is 7. The lowest BCUT2D eigenvalue weighted by atomic mass is 9.74. The van der Waals surface area contributed by atoms with Gasteiger partial charge in [-0.2, -0.15) is 9.97 Å². The summed E-state index contributed by atoms with van der Waals surface area (Å²) in [5, 5.41) is 7.44. The van der Waals surface area contributed by atoms with Crippen molar-refractivity contribution in [3.05, 3.63) is 35.4 Å². The Kier molecular flexibility index (Phi) is 8.04. The van der Waals surface area contributed by atoms with Gasteiger partial charge in [0.15, 0.2) is 11.5 Å². The molecule has 1 fully saturated rings. The van der Waals surface area contributed by atoms with E-state index in [1.807, 2.05) is 0 Å². The van der Waals surface area contributed by atoms with Gasteiger partial charge in [-0.25, -0.2) is 18.4 Å². The van der Waals surface area contributed by atoms with Gasteiger partial charge in [-0.1, -0.05) is 11.6 Å². The summed E-state index contributed by atoms with van der Waals surface area (Å²) >= 11 is 5.86. The van der Waals surface area contributed by atoms with E-state index in [-0.39, 0.29) is 41.1 Å². The molecule has 3 heterocycles. The van der Waals surface area contributed by atoms with Crippen LogP contribution in [0.25, 0.3) is 5.69 Å². The van der Waals surface area contributed by atoms with Gasteiger partial charge in [0.25, 0.3) is 0 Å². The second-order valence-electron chi connectivity index (χ2n) is 8.32. The van der Waals surface area contributed by atoms with Gasteiger partial charge >= 0.3 is 0 Å². The van der Waals surface area contributed by atoms with Crippen LogP contribution in [0.3, 0.4) is 0 Å². The smallest absolute Gasteiger partial charge is 0.245 e. The minimum atomic E-state index is -4.18. The average molecular weight is 557 g/mol. The van der Waals surface area contributed by atoms with Crippen molar-refractivity contribution in [2.75, 3.05) is 32.7 Å². The zero-order chi connectivity index (χ0) is 26.7. The summed E-state index contributed by atoms with van der Waals surface area (Å²) in [6.45, 7) is 0.889. The standard InChI is InChI=1S/C21H26ClFN8O5S/c1-11(16(34-2)17-24-8-13(22)9-25-17)37(32,33)30-21-29-28-18(14-6-5-12(14)7-23)31(21)15-19(35-3)26-10-27-20(15)36-4/h8-12,14,16H,5-7H2,1-4H3,(H,29,30)/t11-,12+,14+,16-/m0/s1. The number of hydrogen-bond donors (Lipinski definition) is 1. The number of methoxy groups -OCH3 is 3. The number of nitrogens with one attached hydrogen (secondary N) is 1. The molecule has 0 aromatic carbocycles. The van der Waals surface area contributed by atoms with Crippen LogP contribution in [0.4, 0.5) is 10.3 Å². The number of hydrogen-bond acceptors (Lipinski definition) is 11. The van der Waals surface area contributed by atoms with Crippen LogP contribution in [0.5, 0.6) is 11.8 Å². The fraction of sp³-hybridized carbons (Fsp3) is 0.524. The monoisotopic (exact) mass is 556 g/mol. The molecule has 1 saturated carbocycles. The van der Waals surface area contributed by atoms with Crippen LogP contribution in [0, 0.1) is 5.92 Å². The Morgan fingerprint density at radius 3 is 2.27 bits per heavy atom. The molecule has 1 aliphatic rings. The first-order valence-electron chi connectivity index (χ1n) is 11.2. The summed E-state index contributed by atoms with van der Waals surface area (Å²) in [6.07, 6.45) is 4.21. The SMILES string of the molecule is COc1ncnc(OC)c1-n1c(NS(=O)(=O)[C@@H](C)[C@H](OC)c2ncc(Cl)cn2)nnc1[C@@H]1CC[C@@H]1CF. The molecule has 16 heteroatoms. The fourth-order valence-corrected chi connectivity index (χ4v) is 5.34. The molecule has 0 aliphatic heterocycles. The van der Waals surface area contributed by atoms with E-state index in [1.54, 1.807) is 0 Å². The van der Waals surface area contributed by atoms with Gasteiger partial charge in [0.05, 0.1) is 25.9 Å². The van der Waals surface area contributed by atoms with Crippen LogP contribution in [0.15, 0.2) is 18.7 Å². The molecule has 3 aromatic heterocycles. The van der Waals surface area contributed by atoms with Crippen molar-refractivity contribution in [1.82, 2.24) is 34.7 Å². The first-order valence-corrected chi connectivity index (χ1v) is 13.1. The molecule has 200 valence electrons. The highest BCUT2D eigenvalue weighted by Crippen LogP contribution is 2.45. The van der Waals surface area contributed by atoms with Gasteiger partial charge in [-0.15, -0.1) is 10.2 Å². The molecule has 37 heavy (non-hydrogen) atoms. The van der Waals surface area contributed by atoms with Crippen molar-refractivity contribution < 1.29 is 27.0 Å². The minimum absolute atomic E-state index is 0.0850. The molecule has 0 radical (unpaired) electrons. The third-order valence-electron chi connectivity index (χ3n) is 6.30. The molecule has 0 saturated heterocycles. The Bertz CT molecular complexity index is 1320. The zero-order valence-corrected chi connectivity index (χ0v) is 22.1. The highest BCUT2D eigenvalue weighted by molar-refractivity contribution is 7.93. The first-order chi connectivity index (χ1) is 17.7. The highest BCUT2D eigenvalue weighted by Gasteiger charge is 2.40. The second kappa shape index (κ2) is 11.1. The molecule has 3 aromatic rings. The molecule has 0 amide bonds. The third kappa shape index (κ3) is 5.15. The summed E-state index contributed by atoms with van der Waals surface area (Å²) in [7, 11) is -0.0472. The first kappa shape index (κ1) is 26.9. The van der Waals surface area contributed by atoms with Gasteiger partial charge in [-0.05, 0) is 25.7 Å². The Morgan fingerprint density at radius 2 is 1.76 bits per heavy atom. The molecule has 1 aliphatic carbocycles. The van der Waals surface area contributed by atoms with Crippen molar-refractivity contribution in [3.8, 4) is 17.4 Å². The maximum Gasteiger partial charge on any atom is 0.245 e. The van der Waals surface area contributed by atoms with Gasteiger partial charge < -0.3 is 14.2 Å². The van der Waals surface area contributed by atoms with Crippen LogP contribution in [0.1, 0.15) is 43.4 Å².